The maximum absolute atomic E-state index is 14.1. The van der Waals surface area contributed by atoms with Crippen molar-refractivity contribution in [3.05, 3.63) is 118 Å². The fourth-order valence-corrected chi connectivity index (χ4v) is 6.07. The number of ether oxygens (including phenoxy) is 7. The summed E-state index contributed by atoms with van der Waals surface area (Å²) in [6.07, 6.45) is 5.19. The molecular weight excluding hydrogens is 871 g/mol. The van der Waals surface area contributed by atoms with Crippen molar-refractivity contribution in [3.63, 3.8) is 0 Å². The minimum absolute atomic E-state index is 0.0118. The van der Waals surface area contributed by atoms with E-state index in [1.165, 1.54) is 6.07 Å². The summed E-state index contributed by atoms with van der Waals surface area (Å²) in [6.45, 7) is 3.04. The van der Waals surface area contributed by atoms with E-state index >= 15 is 0 Å². The molecule has 0 spiro atoms. The number of fused-ring (bicyclic) bond motifs is 2. The van der Waals surface area contributed by atoms with Gasteiger partial charge in [0, 0.05) is 48.3 Å². The van der Waals surface area contributed by atoms with Crippen LogP contribution in [-0.2, 0) is 44.6 Å². The highest BCUT2D eigenvalue weighted by molar-refractivity contribution is 5.97. The molecule has 4 aromatic carbocycles. The molecule has 0 saturated carbocycles. The molecule has 0 atom stereocenters. The van der Waals surface area contributed by atoms with E-state index in [1.54, 1.807) is 4.90 Å². The predicted molar refractivity (Wildman–Crippen MR) is 232 cm³/mol. The molecule has 0 fully saturated rings. The van der Waals surface area contributed by atoms with Crippen molar-refractivity contribution >= 4 is 35.1 Å². The fraction of sp³-hybridized carbons (Fsp3) is 0.333. The van der Waals surface area contributed by atoms with Crippen molar-refractivity contribution in [3.8, 4) is 35.7 Å². The number of halogens is 4. The third-order valence-electron chi connectivity index (χ3n) is 9.28. The van der Waals surface area contributed by atoms with Gasteiger partial charge >= 0.3 is 5.97 Å². The molecule has 66 heavy (non-hydrogen) atoms. The quantitative estimate of drug-likeness (QED) is 0.0198. The Morgan fingerprint density at radius 1 is 0.667 bits per heavy atom. The first-order valence-electron chi connectivity index (χ1n) is 20.7. The maximum Gasteiger partial charge on any atom is 0.343 e. The lowest BCUT2D eigenvalue weighted by atomic mass is 10.0. The summed E-state index contributed by atoms with van der Waals surface area (Å²) in [6, 6.07) is 18.7. The van der Waals surface area contributed by atoms with Gasteiger partial charge in [-0.25, -0.2) is 13.6 Å². The molecule has 348 valence electrons. The first-order valence-corrected chi connectivity index (χ1v) is 20.7. The molecule has 1 aliphatic heterocycles. The third-order valence-corrected chi connectivity index (χ3v) is 9.28. The van der Waals surface area contributed by atoms with E-state index in [9.17, 15) is 36.7 Å². The zero-order valence-electron chi connectivity index (χ0n) is 35.8. The van der Waals surface area contributed by atoms with Gasteiger partial charge in [-0.3, -0.25) is 14.4 Å². The number of hydrogen-bond donors (Lipinski definition) is 2. The summed E-state index contributed by atoms with van der Waals surface area (Å²) in [5, 5.41) is 5.30. The first kappa shape index (κ1) is 50.2. The number of hydrogen-bond acceptors (Lipinski definition) is 11. The number of nitrogens with one attached hydrogen (secondary N) is 2. The molecule has 1 aliphatic rings. The van der Waals surface area contributed by atoms with Crippen molar-refractivity contribution < 1.29 is 69.9 Å². The lowest BCUT2D eigenvalue weighted by molar-refractivity contribution is -0.125. The van der Waals surface area contributed by atoms with Gasteiger partial charge in [0.1, 0.15) is 12.4 Å². The van der Waals surface area contributed by atoms with Crippen LogP contribution in [0.15, 0.2) is 72.8 Å². The standard InChI is InChI=1S/C48H47F4N3O11/c1-2-17-65-38-29-36(48(59)66-47-45(51)39(49)31-40(50)46(47)52)28-37(30-38)54-43(57)15-18-60-20-22-62-24-26-64-27-25-63-23-21-61-19-16-53-42(56)13-14-44(58)55-32-35-9-4-3-7-33(35)11-12-34-8-5-6-10-41(34)55/h1,3-10,28-31H,13-27,32H2,(H,53,56)(H,54,57). The highest BCUT2D eigenvalue weighted by atomic mass is 19.2. The first-order chi connectivity index (χ1) is 32.0. The fourth-order valence-electron chi connectivity index (χ4n) is 6.07. The molecule has 1 heterocycles. The predicted octanol–water partition coefficient (Wildman–Crippen LogP) is 5.73. The average molecular weight is 918 g/mol. The van der Waals surface area contributed by atoms with E-state index < -0.39 is 40.9 Å². The number of anilines is 2. The van der Waals surface area contributed by atoms with Crippen LogP contribution in [0, 0.1) is 47.5 Å². The smallest absolute Gasteiger partial charge is 0.343 e. The molecule has 0 radical (unpaired) electrons. The summed E-state index contributed by atoms with van der Waals surface area (Å²) >= 11 is 0. The second kappa shape index (κ2) is 26.9. The van der Waals surface area contributed by atoms with E-state index in [2.05, 4.69) is 33.1 Å². The van der Waals surface area contributed by atoms with Gasteiger partial charge in [-0.15, -0.1) is 6.42 Å². The third kappa shape index (κ3) is 16.0. The Bertz CT molecular complexity index is 2390. The molecule has 18 heteroatoms. The van der Waals surface area contributed by atoms with Crippen LogP contribution in [-0.4, -0.2) is 103 Å². The van der Waals surface area contributed by atoms with Crippen molar-refractivity contribution in [2.75, 3.05) is 89.4 Å². The Labute approximate surface area is 378 Å². The van der Waals surface area contributed by atoms with Crippen molar-refractivity contribution in [2.45, 2.75) is 25.8 Å². The zero-order valence-corrected chi connectivity index (χ0v) is 35.8. The van der Waals surface area contributed by atoms with Crippen LogP contribution in [0.3, 0.4) is 0 Å². The largest absolute Gasteiger partial charge is 0.481 e. The summed E-state index contributed by atoms with van der Waals surface area (Å²) in [5.41, 5.74) is 2.92. The maximum atomic E-state index is 14.1. The lowest BCUT2D eigenvalue weighted by Gasteiger charge is -2.26. The minimum Gasteiger partial charge on any atom is -0.481 e. The Hall–Kier alpha value is -6.80. The van der Waals surface area contributed by atoms with Gasteiger partial charge in [0.05, 0.1) is 90.3 Å². The van der Waals surface area contributed by atoms with E-state index in [-0.39, 0.29) is 87.2 Å². The molecule has 0 saturated heterocycles. The molecule has 2 N–H and O–H groups in total. The second-order valence-electron chi connectivity index (χ2n) is 14.0. The van der Waals surface area contributed by atoms with Gasteiger partial charge in [0.25, 0.3) is 0 Å². The van der Waals surface area contributed by atoms with E-state index in [1.807, 2.05) is 48.5 Å². The van der Waals surface area contributed by atoms with Crippen molar-refractivity contribution in [1.29, 1.82) is 0 Å². The Kier molecular flexibility index (Phi) is 20.4. The van der Waals surface area contributed by atoms with Crippen LogP contribution in [0.1, 0.15) is 46.3 Å². The van der Waals surface area contributed by atoms with Crippen LogP contribution in [0.25, 0.3) is 0 Å². The minimum atomic E-state index is -1.91. The van der Waals surface area contributed by atoms with Crippen molar-refractivity contribution in [1.82, 2.24) is 5.32 Å². The summed E-state index contributed by atoms with van der Waals surface area (Å²) in [7, 11) is 0. The number of carbonyl (C=O) groups excluding carboxylic acids is 4. The second-order valence-corrected chi connectivity index (χ2v) is 14.0. The number of nitrogens with zero attached hydrogens (tertiary/aromatic N) is 1. The van der Waals surface area contributed by atoms with Crippen LogP contribution >= 0.6 is 0 Å². The summed E-state index contributed by atoms with van der Waals surface area (Å²) < 4.78 is 92.6. The Balaban J connectivity index is 0.847. The Morgan fingerprint density at radius 2 is 1.26 bits per heavy atom. The number of rotatable bonds is 26. The SMILES string of the molecule is C#CCOc1cc(NC(=O)CCOCCOCCOCCOCCOCCNC(=O)CCC(=O)N2Cc3ccccc3C#Cc3ccccc32)cc(C(=O)Oc2c(F)c(F)cc(F)c2F)c1. The molecule has 14 nitrogen and oxygen atoms in total. The zero-order chi connectivity index (χ0) is 47.1. The molecule has 0 aliphatic carbocycles. The molecule has 0 unspecified atom stereocenters. The number of carbonyl (C=O) groups is 4. The van der Waals surface area contributed by atoms with Gasteiger partial charge in [0.15, 0.2) is 11.6 Å². The number of amides is 3. The van der Waals surface area contributed by atoms with Gasteiger partial charge in [-0.1, -0.05) is 48.1 Å². The lowest BCUT2D eigenvalue weighted by Crippen LogP contribution is -2.34. The molecule has 3 amide bonds. The highest BCUT2D eigenvalue weighted by Gasteiger charge is 2.25. The molecule has 5 rings (SSSR count). The van der Waals surface area contributed by atoms with Crippen LogP contribution in [0.4, 0.5) is 28.9 Å². The van der Waals surface area contributed by atoms with Gasteiger partial charge in [0.2, 0.25) is 35.1 Å². The summed E-state index contributed by atoms with van der Waals surface area (Å²) in [4.78, 5) is 52.7. The van der Waals surface area contributed by atoms with Crippen molar-refractivity contribution in [2.24, 2.45) is 0 Å². The van der Waals surface area contributed by atoms with Crippen LogP contribution in [0.5, 0.6) is 11.5 Å². The van der Waals surface area contributed by atoms with E-state index in [0.717, 1.165) is 34.5 Å². The number of terminal acetylenes is 1. The van der Waals surface area contributed by atoms with Crippen LogP contribution < -0.4 is 25.0 Å². The van der Waals surface area contributed by atoms with E-state index in [4.69, 9.17) is 34.8 Å². The molecule has 4 aromatic rings. The monoisotopic (exact) mass is 917 g/mol. The van der Waals surface area contributed by atoms with E-state index in [0.29, 0.717) is 52.7 Å². The van der Waals surface area contributed by atoms with Gasteiger partial charge in [-0.2, -0.15) is 8.78 Å². The number of para-hydroxylation sites is 1. The summed E-state index contributed by atoms with van der Waals surface area (Å²) in [5.74, 6) is -2.73. The number of esters is 1. The molecular formula is C48H47F4N3O11. The Morgan fingerprint density at radius 3 is 1.92 bits per heavy atom. The molecule has 0 aromatic heterocycles. The normalized spacial score (nSPS) is 11.5. The number of benzene rings is 4. The highest BCUT2D eigenvalue weighted by Crippen LogP contribution is 2.29. The average Bonchev–Trinajstić information content (AvgIpc) is 3.31. The van der Waals surface area contributed by atoms with Gasteiger partial charge in [-0.05, 0) is 35.9 Å². The van der Waals surface area contributed by atoms with Gasteiger partial charge < -0.3 is 48.7 Å². The molecule has 0 bridgehead atoms. The topological polar surface area (TPSA) is 160 Å². The van der Waals surface area contributed by atoms with Crippen LogP contribution in [0.2, 0.25) is 0 Å².